The molecule has 0 saturated heterocycles. The van der Waals surface area contributed by atoms with E-state index in [0.717, 1.165) is 36.1 Å². The van der Waals surface area contributed by atoms with Gasteiger partial charge in [-0.2, -0.15) is 0 Å². The van der Waals surface area contributed by atoms with Gasteiger partial charge >= 0.3 is 0 Å². The van der Waals surface area contributed by atoms with Crippen LogP contribution < -0.4 is 9.46 Å². The molecule has 4 nitrogen and oxygen atoms in total. The summed E-state index contributed by atoms with van der Waals surface area (Å²) in [5, 5.41) is 0. The second-order valence-corrected chi connectivity index (χ2v) is 8.18. The van der Waals surface area contributed by atoms with Crippen molar-refractivity contribution < 1.29 is 13.2 Å². The first-order chi connectivity index (χ1) is 11.4. The van der Waals surface area contributed by atoms with E-state index in [2.05, 4.69) is 4.72 Å². The summed E-state index contributed by atoms with van der Waals surface area (Å²) in [6.07, 6.45) is 3.11. The lowest BCUT2D eigenvalue weighted by atomic mass is 9.94. The van der Waals surface area contributed by atoms with Crippen LogP contribution >= 0.6 is 0 Å². The quantitative estimate of drug-likeness (QED) is 0.862. The number of hydrogen-bond donors (Lipinski definition) is 1. The largest absolute Gasteiger partial charge is 0.491 e. The minimum absolute atomic E-state index is 0.100. The predicted molar refractivity (Wildman–Crippen MR) is 95.6 cm³/mol. The molecule has 1 aliphatic carbocycles. The van der Waals surface area contributed by atoms with Crippen molar-refractivity contribution in [3.05, 3.63) is 48.5 Å². The number of nitrogens with one attached hydrogen (secondary N) is 1. The van der Waals surface area contributed by atoms with E-state index in [4.69, 9.17) is 4.74 Å². The molecule has 0 aromatic heterocycles. The molecule has 0 heterocycles. The van der Waals surface area contributed by atoms with Gasteiger partial charge in [0, 0.05) is 6.04 Å². The Kier molecular flexibility index (Phi) is 4.92. The first kappa shape index (κ1) is 17.0. The van der Waals surface area contributed by atoms with E-state index in [0.29, 0.717) is 4.90 Å². The zero-order valence-corrected chi connectivity index (χ0v) is 14.8. The topological polar surface area (TPSA) is 55.4 Å². The van der Waals surface area contributed by atoms with Gasteiger partial charge < -0.3 is 4.74 Å². The minimum atomic E-state index is -3.41. The summed E-state index contributed by atoms with van der Waals surface area (Å²) in [5.74, 6) is 0.831. The molecule has 0 bridgehead atoms. The second kappa shape index (κ2) is 6.95. The molecule has 1 saturated carbocycles. The Bertz CT molecular complexity index is 776. The Hall–Kier alpha value is -1.85. The molecule has 0 aliphatic heterocycles. The van der Waals surface area contributed by atoms with E-state index in [1.807, 2.05) is 50.2 Å². The molecule has 128 valence electrons. The van der Waals surface area contributed by atoms with Gasteiger partial charge in [0.1, 0.15) is 5.75 Å². The van der Waals surface area contributed by atoms with Gasteiger partial charge in [-0.1, -0.05) is 30.7 Å². The normalized spacial score (nSPS) is 15.3. The molecule has 0 spiro atoms. The van der Waals surface area contributed by atoms with Gasteiger partial charge in [-0.25, -0.2) is 13.1 Å². The highest BCUT2D eigenvalue weighted by Gasteiger charge is 2.24. The summed E-state index contributed by atoms with van der Waals surface area (Å²) in [5.41, 5.74) is 2.01. The van der Waals surface area contributed by atoms with Gasteiger partial charge in [0.2, 0.25) is 10.0 Å². The van der Waals surface area contributed by atoms with E-state index in [1.165, 1.54) is 0 Å². The van der Waals surface area contributed by atoms with Gasteiger partial charge in [0.25, 0.3) is 0 Å². The first-order valence-electron chi connectivity index (χ1n) is 8.33. The fourth-order valence-corrected chi connectivity index (χ4v) is 3.94. The smallest absolute Gasteiger partial charge is 0.240 e. The van der Waals surface area contributed by atoms with E-state index < -0.39 is 10.0 Å². The van der Waals surface area contributed by atoms with Crippen molar-refractivity contribution >= 4 is 10.0 Å². The Labute approximate surface area is 143 Å². The molecule has 0 amide bonds. The lowest BCUT2D eigenvalue weighted by Crippen LogP contribution is -2.39. The van der Waals surface area contributed by atoms with Crippen LogP contribution in [0.2, 0.25) is 0 Å². The van der Waals surface area contributed by atoms with Crippen LogP contribution in [-0.4, -0.2) is 20.6 Å². The molecule has 3 rings (SSSR count). The summed E-state index contributed by atoms with van der Waals surface area (Å²) >= 11 is 0. The predicted octanol–water partition coefficient (Wildman–Crippen LogP) is 3.97. The van der Waals surface area contributed by atoms with Crippen LogP contribution in [0.1, 0.15) is 33.1 Å². The lowest BCUT2D eigenvalue weighted by molar-refractivity contribution is 0.242. The van der Waals surface area contributed by atoms with Crippen molar-refractivity contribution in [2.45, 2.75) is 50.2 Å². The second-order valence-electron chi connectivity index (χ2n) is 6.46. The van der Waals surface area contributed by atoms with Crippen molar-refractivity contribution in [3.8, 4) is 16.9 Å². The molecule has 1 N–H and O–H groups in total. The summed E-state index contributed by atoms with van der Waals surface area (Å²) in [6, 6.07) is 14.9. The van der Waals surface area contributed by atoms with E-state index >= 15 is 0 Å². The molecule has 5 heteroatoms. The maximum absolute atomic E-state index is 12.3. The van der Waals surface area contributed by atoms with Crippen LogP contribution in [0.3, 0.4) is 0 Å². The highest BCUT2D eigenvalue weighted by atomic mass is 32.2. The molecule has 24 heavy (non-hydrogen) atoms. The number of benzene rings is 2. The highest BCUT2D eigenvalue weighted by molar-refractivity contribution is 7.89. The monoisotopic (exact) mass is 345 g/mol. The third kappa shape index (κ3) is 3.97. The summed E-state index contributed by atoms with van der Waals surface area (Å²) in [4.78, 5) is 0.318. The van der Waals surface area contributed by atoms with E-state index in [9.17, 15) is 8.42 Å². The minimum Gasteiger partial charge on any atom is -0.491 e. The van der Waals surface area contributed by atoms with Crippen LogP contribution in [-0.2, 0) is 10.0 Å². The molecule has 1 aliphatic rings. The van der Waals surface area contributed by atoms with Crippen molar-refractivity contribution in [1.29, 1.82) is 0 Å². The van der Waals surface area contributed by atoms with Crippen LogP contribution in [0, 0.1) is 0 Å². The maximum Gasteiger partial charge on any atom is 0.240 e. The zero-order chi connectivity index (χ0) is 17.2. The Morgan fingerprint density at radius 1 is 0.958 bits per heavy atom. The van der Waals surface area contributed by atoms with Gasteiger partial charge in [0.05, 0.1) is 11.0 Å². The lowest BCUT2D eigenvalue weighted by Gasteiger charge is -2.26. The average molecular weight is 345 g/mol. The van der Waals surface area contributed by atoms with Gasteiger partial charge in [-0.15, -0.1) is 0 Å². The Morgan fingerprint density at radius 2 is 1.50 bits per heavy atom. The van der Waals surface area contributed by atoms with Crippen LogP contribution in [0.5, 0.6) is 5.75 Å². The average Bonchev–Trinajstić information content (AvgIpc) is 2.51. The van der Waals surface area contributed by atoms with Gasteiger partial charge in [-0.3, -0.25) is 0 Å². The summed E-state index contributed by atoms with van der Waals surface area (Å²) in [7, 11) is -3.41. The van der Waals surface area contributed by atoms with Crippen LogP contribution in [0.15, 0.2) is 53.4 Å². The van der Waals surface area contributed by atoms with Crippen molar-refractivity contribution in [2.75, 3.05) is 0 Å². The van der Waals surface area contributed by atoms with Crippen molar-refractivity contribution in [3.63, 3.8) is 0 Å². The fraction of sp³-hybridized carbons (Fsp3) is 0.368. The van der Waals surface area contributed by atoms with E-state index in [1.54, 1.807) is 12.1 Å². The van der Waals surface area contributed by atoms with Crippen LogP contribution in [0.25, 0.3) is 11.1 Å². The van der Waals surface area contributed by atoms with Crippen molar-refractivity contribution in [2.24, 2.45) is 0 Å². The summed E-state index contributed by atoms with van der Waals surface area (Å²) < 4.78 is 33.0. The number of ether oxygens (including phenoxy) is 1. The fourth-order valence-electron chi connectivity index (χ4n) is 2.64. The van der Waals surface area contributed by atoms with Gasteiger partial charge in [0.15, 0.2) is 0 Å². The first-order valence-corrected chi connectivity index (χ1v) is 9.82. The molecule has 2 aromatic rings. The highest BCUT2D eigenvalue weighted by Crippen LogP contribution is 2.25. The number of sulfonamides is 1. The molecular formula is C19H23NO3S. The SMILES string of the molecule is CC(C)Oc1ccc(-c2ccc(S(=O)(=O)NC3CCC3)cc2)cc1. The molecule has 0 atom stereocenters. The van der Waals surface area contributed by atoms with E-state index in [-0.39, 0.29) is 12.1 Å². The zero-order valence-electron chi connectivity index (χ0n) is 14.0. The van der Waals surface area contributed by atoms with Gasteiger partial charge in [-0.05, 0) is 62.1 Å². The molecule has 0 radical (unpaired) electrons. The Balaban J connectivity index is 1.74. The standard InChI is InChI=1S/C19H23NO3S/c1-14(2)23-18-10-6-15(7-11-18)16-8-12-19(13-9-16)24(21,22)20-17-4-3-5-17/h6-14,17,20H,3-5H2,1-2H3. The number of hydrogen-bond acceptors (Lipinski definition) is 3. The number of rotatable bonds is 6. The molecule has 1 fully saturated rings. The molecule has 0 unspecified atom stereocenters. The summed E-state index contributed by atoms with van der Waals surface area (Å²) in [6.45, 7) is 3.98. The third-order valence-electron chi connectivity index (χ3n) is 4.15. The van der Waals surface area contributed by atoms with Crippen molar-refractivity contribution in [1.82, 2.24) is 4.72 Å². The Morgan fingerprint density at radius 3 is 1.96 bits per heavy atom. The van der Waals surface area contributed by atoms with Crippen LogP contribution in [0.4, 0.5) is 0 Å². The molecular weight excluding hydrogens is 322 g/mol. The third-order valence-corrected chi connectivity index (χ3v) is 5.69. The molecule has 2 aromatic carbocycles. The maximum atomic E-state index is 12.3.